The van der Waals surface area contributed by atoms with Gasteiger partial charge >= 0.3 is 5.97 Å². The summed E-state index contributed by atoms with van der Waals surface area (Å²) in [6, 6.07) is 4.72. The van der Waals surface area contributed by atoms with Crippen molar-refractivity contribution in [1.29, 1.82) is 0 Å². The van der Waals surface area contributed by atoms with Crippen LogP contribution in [0.5, 0.6) is 0 Å². The van der Waals surface area contributed by atoms with Gasteiger partial charge in [-0.3, -0.25) is 14.2 Å². The smallest absolute Gasteiger partial charge is 0.341 e. The van der Waals surface area contributed by atoms with Crippen molar-refractivity contribution in [2.75, 3.05) is 0 Å². The van der Waals surface area contributed by atoms with E-state index in [4.69, 9.17) is 0 Å². The number of halogens is 1. The van der Waals surface area contributed by atoms with E-state index in [-0.39, 0.29) is 11.5 Å². The van der Waals surface area contributed by atoms with Gasteiger partial charge in [0.05, 0.1) is 11.7 Å². The van der Waals surface area contributed by atoms with E-state index in [0.717, 1.165) is 30.2 Å². The Morgan fingerprint density at radius 3 is 2.72 bits per heavy atom. The van der Waals surface area contributed by atoms with E-state index in [1.807, 2.05) is 6.92 Å². The SMILES string of the molecule is Cc1c(-c2ccncc2F)ccn2c(=O)c(C(=O)O)cc(C3CC3)c12. The van der Waals surface area contributed by atoms with Crippen molar-refractivity contribution in [3.8, 4) is 11.1 Å². The number of nitrogens with zero attached hydrogens (tertiary/aromatic N) is 2. The van der Waals surface area contributed by atoms with Gasteiger partial charge in [-0.1, -0.05) is 0 Å². The van der Waals surface area contributed by atoms with Crippen LogP contribution >= 0.6 is 0 Å². The summed E-state index contributed by atoms with van der Waals surface area (Å²) in [4.78, 5) is 27.7. The largest absolute Gasteiger partial charge is 0.477 e. The molecule has 0 aliphatic heterocycles. The van der Waals surface area contributed by atoms with Crippen molar-refractivity contribution >= 4 is 11.5 Å². The van der Waals surface area contributed by atoms with Gasteiger partial charge in [0.1, 0.15) is 11.4 Å². The molecule has 1 aliphatic rings. The van der Waals surface area contributed by atoms with Gasteiger partial charge in [-0.2, -0.15) is 0 Å². The van der Waals surface area contributed by atoms with Crippen molar-refractivity contribution in [2.24, 2.45) is 0 Å². The third-order valence-corrected chi connectivity index (χ3v) is 4.72. The average Bonchev–Trinajstić information content (AvgIpc) is 3.41. The average molecular weight is 338 g/mol. The van der Waals surface area contributed by atoms with Crippen LogP contribution in [0.25, 0.3) is 16.6 Å². The number of hydrogen-bond donors (Lipinski definition) is 1. The molecule has 5 nitrogen and oxygen atoms in total. The lowest BCUT2D eigenvalue weighted by Crippen LogP contribution is -2.23. The molecule has 0 atom stereocenters. The van der Waals surface area contributed by atoms with E-state index in [9.17, 15) is 19.1 Å². The maximum atomic E-state index is 14.2. The van der Waals surface area contributed by atoms with Gasteiger partial charge in [-0.25, -0.2) is 9.18 Å². The third kappa shape index (κ3) is 2.41. The molecule has 0 spiro atoms. The zero-order valence-corrected chi connectivity index (χ0v) is 13.5. The predicted octanol–water partition coefficient (Wildman–Crippen LogP) is 3.38. The molecule has 6 heteroatoms. The Morgan fingerprint density at radius 2 is 2.08 bits per heavy atom. The Kier molecular flexibility index (Phi) is 3.42. The molecule has 0 amide bonds. The lowest BCUT2D eigenvalue weighted by atomic mass is 9.97. The number of aromatic carboxylic acids is 1. The van der Waals surface area contributed by atoms with Crippen molar-refractivity contribution in [1.82, 2.24) is 9.38 Å². The number of rotatable bonds is 3. The highest BCUT2D eigenvalue weighted by molar-refractivity contribution is 5.89. The lowest BCUT2D eigenvalue weighted by Gasteiger charge is -2.15. The Morgan fingerprint density at radius 1 is 1.32 bits per heavy atom. The summed E-state index contributed by atoms with van der Waals surface area (Å²) in [5.74, 6) is -1.43. The minimum Gasteiger partial charge on any atom is -0.477 e. The van der Waals surface area contributed by atoms with Crippen LogP contribution in [0.2, 0.25) is 0 Å². The fourth-order valence-electron chi connectivity index (χ4n) is 3.34. The Balaban J connectivity index is 2.09. The first-order valence-corrected chi connectivity index (χ1v) is 8.01. The highest BCUT2D eigenvalue weighted by atomic mass is 19.1. The second-order valence-electron chi connectivity index (χ2n) is 6.33. The van der Waals surface area contributed by atoms with Crippen molar-refractivity contribution in [3.63, 3.8) is 0 Å². The zero-order chi connectivity index (χ0) is 17.7. The number of pyridine rings is 3. The number of hydrogen-bond acceptors (Lipinski definition) is 3. The maximum Gasteiger partial charge on any atom is 0.341 e. The van der Waals surface area contributed by atoms with Gasteiger partial charge in [0.25, 0.3) is 5.56 Å². The Bertz CT molecular complexity index is 1080. The molecule has 0 aromatic carbocycles. The molecule has 3 aromatic heterocycles. The first-order chi connectivity index (χ1) is 12.0. The standard InChI is InChI=1S/C19H15FN2O3/c1-10-12(13-4-6-21-9-16(13)20)5-7-22-17(10)14(11-2-3-11)8-15(18(22)23)19(24)25/h4-9,11H,2-3H2,1H3,(H,24,25). The van der Waals surface area contributed by atoms with Crippen LogP contribution in [0.3, 0.4) is 0 Å². The van der Waals surface area contributed by atoms with Crippen LogP contribution in [0.15, 0.2) is 41.6 Å². The van der Waals surface area contributed by atoms with E-state index in [1.165, 1.54) is 22.9 Å². The highest BCUT2D eigenvalue weighted by Crippen LogP contribution is 2.43. The number of fused-ring (bicyclic) bond motifs is 1. The molecule has 3 aromatic rings. The Hall–Kier alpha value is -3.02. The van der Waals surface area contributed by atoms with Crippen molar-refractivity contribution < 1.29 is 14.3 Å². The monoisotopic (exact) mass is 338 g/mol. The van der Waals surface area contributed by atoms with Gasteiger partial charge in [0, 0.05) is 18.0 Å². The molecule has 0 bridgehead atoms. The van der Waals surface area contributed by atoms with Gasteiger partial charge in [-0.15, -0.1) is 0 Å². The summed E-state index contributed by atoms with van der Waals surface area (Å²) in [5.41, 5.74) is 2.54. The minimum absolute atomic E-state index is 0.235. The van der Waals surface area contributed by atoms with Gasteiger partial charge in [-0.05, 0) is 60.6 Å². The molecule has 1 fully saturated rings. The van der Waals surface area contributed by atoms with Crippen molar-refractivity contribution in [2.45, 2.75) is 25.7 Å². The molecule has 126 valence electrons. The second-order valence-corrected chi connectivity index (χ2v) is 6.33. The summed E-state index contributed by atoms with van der Waals surface area (Å²) in [5, 5.41) is 9.32. The normalized spacial score (nSPS) is 14.0. The summed E-state index contributed by atoms with van der Waals surface area (Å²) < 4.78 is 15.5. The molecule has 0 saturated heterocycles. The van der Waals surface area contributed by atoms with Crippen LogP contribution in [0, 0.1) is 12.7 Å². The van der Waals surface area contributed by atoms with Crippen LogP contribution in [0.4, 0.5) is 4.39 Å². The molecule has 1 aliphatic carbocycles. The molecule has 25 heavy (non-hydrogen) atoms. The summed E-state index contributed by atoms with van der Waals surface area (Å²) >= 11 is 0. The topological polar surface area (TPSA) is 71.7 Å². The summed E-state index contributed by atoms with van der Waals surface area (Å²) in [6.07, 6.45) is 6.11. The van der Waals surface area contributed by atoms with E-state index in [0.29, 0.717) is 16.6 Å². The number of aromatic nitrogens is 2. The zero-order valence-electron chi connectivity index (χ0n) is 13.5. The summed E-state index contributed by atoms with van der Waals surface area (Å²) in [7, 11) is 0. The lowest BCUT2D eigenvalue weighted by molar-refractivity contribution is 0.0694. The van der Waals surface area contributed by atoms with E-state index >= 15 is 0 Å². The van der Waals surface area contributed by atoms with Gasteiger partial charge in [0.15, 0.2) is 0 Å². The van der Waals surface area contributed by atoms with Crippen LogP contribution in [0.1, 0.15) is 40.2 Å². The quantitative estimate of drug-likeness (QED) is 0.795. The van der Waals surface area contributed by atoms with Gasteiger partial charge < -0.3 is 5.11 Å². The fourth-order valence-corrected chi connectivity index (χ4v) is 3.34. The van der Waals surface area contributed by atoms with E-state index in [2.05, 4.69) is 4.98 Å². The fraction of sp³-hybridized carbons (Fsp3) is 0.211. The van der Waals surface area contributed by atoms with Gasteiger partial charge in [0.2, 0.25) is 0 Å². The molecule has 1 saturated carbocycles. The maximum absolute atomic E-state index is 14.2. The summed E-state index contributed by atoms with van der Waals surface area (Å²) in [6.45, 7) is 1.83. The first-order valence-electron chi connectivity index (χ1n) is 8.01. The second kappa shape index (κ2) is 5.51. The van der Waals surface area contributed by atoms with E-state index < -0.39 is 17.3 Å². The third-order valence-electron chi connectivity index (χ3n) is 4.72. The molecular formula is C19H15FN2O3. The van der Waals surface area contributed by atoms with Crippen molar-refractivity contribution in [3.05, 3.63) is 69.7 Å². The van der Waals surface area contributed by atoms with Crippen LogP contribution in [-0.2, 0) is 0 Å². The molecule has 0 radical (unpaired) electrons. The van der Waals surface area contributed by atoms with Crippen LogP contribution in [-0.4, -0.2) is 20.5 Å². The Labute approximate surface area is 142 Å². The number of carboxylic acid groups (broad SMARTS) is 1. The first kappa shape index (κ1) is 15.5. The number of carboxylic acids is 1. The van der Waals surface area contributed by atoms with Crippen LogP contribution < -0.4 is 5.56 Å². The predicted molar refractivity (Wildman–Crippen MR) is 90.5 cm³/mol. The highest BCUT2D eigenvalue weighted by Gasteiger charge is 2.29. The molecule has 3 heterocycles. The molecular weight excluding hydrogens is 323 g/mol. The number of aryl methyl sites for hydroxylation is 1. The molecule has 4 rings (SSSR count). The minimum atomic E-state index is -1.23. The van der Waals surface area contributed by atoms with E-state index in [1.54, 1.807) is 12.1 Å². The molecule has 0 unspecified atom stereocenters. The number of carbonyl (C=O) groups is 1. The molecule has 1 N–H and O–H groups in total.